The Bertz CT molecular complexity index is 974. The molecule has 1 atom stereocenters. The molecule has 0 aliphatic heterocycles. The molecule has 3 aromatic rings. The van der Waals surface area contributed by atoms with Gasteiger partial charge in [0, 0.05) is 18.1 Å². The van der Waals surface area contributed by atoms with Crippen LogP contribution in [-0.2, 0) is 21.9 Å². The fourth-order valence-electron chi connectivity index (χ4n) is 2.82. The van der Waals surface area contributed by atoms with E-state index in [0.717, 1.165) is 22.5 Å². The summed E-state index contributed by atoms with van der Waals surface area (Å²) in [6.45, 7) is 2.11. The fraction of sp³-hybridized carbons (Fsp3) is 0.286. The minimum atomic E-state index is -1.08. The van der Waals surface area contributed by atoms with Crippen molar-refractivity contribution in [3.8, 4) is 0 Å². The van der Waals surface area contributed by atoms with Crippen LogP contribution in [0, 0.1) is 6.92 Å². The maximum absolute atomic E-state index is 11.9. The summed E-state index contributed by atoms with van der Waals surface area (Å²) >= 11 is 1.58. The van der Waals surface area contributed by atoms with E-state index in [1.807, 2.05) is 66.2 Å². The molecule has 1 unspecified atom stereocenters. The van der Waals surface area contributed by atoms with Crippen LogP contribution in [0.5, 0.6) is 0 Å². The smallest absolute Gasteiger partial charge is 0.408 e. The lowest BCUT2D eigenvalue weighted by Gasteiger charge is -2.14. The summed E-state index contributed by atoms with van der Waals surface area (Å²) in [6.07, 6.45) is 3.49. The summed E-state index contributed by atoms with van der Waals surface area (Å²) in [6, 6.07) is 12.2. The number of ether oxygens (including phenoxy) is 1. The van der Waals surface area contributed by atoms with Crippen LogP contribution < -0.4 is 5.32 Å². The third kappa shape index (κ3) is 5.99. The maximum Gasteiger partial charge on any atom is 0.408 e. The van der Waals surface area contributed by atoms with Gasteiger partial charge in [-0.15, -0.1) is 0 Å². The van der Waals surface area contributed by atoms with E-state index < -0.39 is 18.1 Å². The van der Waals surface area contributed by atoms with Gasteiger partial charge in [0.15, 0.2) is 0 Å². The molecular formula is C21H23N3O4S. The van der Waals surface area contributed by atoms with Crippen molar-refractivity contribution in [1.29, 1.82) is 0 Å². The Morgan fingerprint density at radius 2 is 2.03 bits per heavy atom. The molecule has 2 N–H and O–H groups in total. The zero-order chi connectivity index (χ0) is 20.6. The number of hydrogen-bond acceptors (Lipinski definition) is 5. The number of aromatic nitrogens is 2. The highest BCUT2D eigenvalue weighted by molar-refractivity contribution is 7.98. The van der Waals surface area contributed by atoms with Gasteiger partial charge in [-0.25, -0.2) is 14.6 Å². The van der Waals surface area contributed by atoms with Crippen molar-refractivity contribution in [2.75, 3.05) is 5.75 Å². The van der Waals surface area contributed by atoms with Crippen LogP contribution in [0.2, 0.25) is 0 Å². The lowest BCUT2D eigenvalue weighted by molar-refractivity contribution is -0.139. The predicted octanol–water partition coefficient (Wildman–Crippen LogP) is 3.65. The van der Waals surface area contributed by atoms with Crippen LogP contribution in [0.3, 0.4) is 0 Å². The van der Waals surface area contributed by atoms with Gasteiger partial charge >= 0.3 is 12.1 Å². The Hall–Kier alpha value is -3.00. The molecular weight excluding hydrogens is 390 g/mol. The first-order valence-corrected chi connectivity index (χ1v) is 10.4. The van der Waals surface area contributed by atoms with Gasteiger partial charge in [0.1, 0.15) is 18.3 Å². The number of aliphatic carboxylic acids is 1. The lowest BCUT2D eigenvalue weighted by atomic mass is 10.2. The Balaban J connectivity index is 1.43. The molecule has 8 heteroatoms. The molecule has 1 aromatic carbocycles. The molecule has 0 aliphatic carbocycles. The molecule has 7 nitrogen and oxygen atoms in total. The number of thioether (sulfide) groups is 1. The largest absolute Gasteiger partial charge is 0.480 e. The number of rotatable bonds is 9. The second-order valence-electron chi connectivity index (χ2n) is 6.59. The normalized spacial score (nSPS) is 11.9. The minimum Gasteiger partial charge on any atom is -0.480 e. The van der Waals surface area contributed by atoms with Crippen molar-refractivity contribution in [1.82, 2.24) is 14.7 Å². The first kappa shape index (κ1) is 20.7. The van der Waals surface area contributed by atoms with Crippen molar-refractivity contribution in [2.45, 2.75) is 31.7 Å². The van der Waals surface area contributed by atoms with Crippen LogP contribution in [-0.4, -0.2) is 38.3 Å². The fourth-order valence-corrected chi connectivity index (χ4v) is 3.71. The molecule has 152 valence electrons. The highest BCUT2D eigenvalue weighted by Gasteiger charge is 2.20. The van der Waals surface area contributed by atoms with Crippen molar-refractivity contribution in [3.05, 3.63) is 71.7 Å². The van der Waals surface area contributed by atoms with E-state index in [4.69, 9.17) is 4.74 Å². The summed E-state index contributed by atoms with van der Waals surface area (Å²) in [4.78, 5) is 27.9. The zero-order valence-corrected chi connectivity index (χ0v) is 16.9. The summed E-state index contributed by atoms with van der Waals surface area (Å²) in [5, 5.41) is 11.8. The Labute approximate surface area is 173 Å². The SMILES string of the molecule is Cc1cccn2cc(CSCCC(NC(=O)OCc3ccccc3)C(=O)O)nc12. The van der Waals surface area contributed by atoms with Gasteiger partial charge in [0.25, 0.3) is 0 Å². The van der Waals surface area contributed by atoms with Crippen molar-refractivity contribution < 1.29 is 19.4 Å². The standard InChI is InChI=1S/C21H23N3O4S/c1-15-6-5-10-24-12-17(22-19(15)24)14-29-11-9-18(20(25)26)23-21(27)28-13-16-7-3-2-4-8-16/h2-8,10,12,18H,9,11,13-14H2,1H3,(H,23,27)(H,25,26). The molecule has 0 fully saturated rings. The number of carbonyl (C=O) groups is 2. The summed E-state index contributed by atoms with van der Waals surface area (Å²) in [5.74, 6) is 0.167. The molecule has 0 saturated heterocycles. The van der Waals surface area contributed by atoms with Crippen LogP contribution in [0.25, 0.3) is 5.65 Å². The quantitative estimate of drug-likeness (QED) is 0.520. The molecule has 2 heterocycles. The number of benzene rings is 1. The lowest BCUT2D eigenvalue weighted by Crippen LogP contribution is -2.41. The van der Waals surface area contributed by atoms with Gasteiger partial charge < -0.3 is 19.6 Å². The van der Waals surface area contributed by atoms with Gasteiger partial charge in [0.2, 0.25) is 0 Å². The van der Waals surface area contributed by atoms with E-state index >= 15 is 0 Å². The third-order valence-corrected chi connectivity index (χ3v) is 5.36. The van der Waals surface area contributed by atoms with E-state index in [1.54, 1.807) is 11.8 Å². The van der Waals surface area contributed by atoms with Gasteiger partial charge in [-0.1, -0.05) is 36.4 Å². The van der Waals surface area contributed by atoms with Crippen molar-refractivity contribution >= 4 is 29.5 Å². The van der Waals surface area contributed by atoms with Gasteiger partial charge in [-0.3, -0.25) is 0 Å². The number of fused-ring (bicyclic) bond motifs is 1. The van der Waals surface area contributed by atoms with E-state index in [-0.39, 0.29) is 6.61 Å². The Kier molecular flexibility index (Phi) is 7.13. The zero-order valence-electron chi connectivity index (χ0n) is 16.1. The number of amides is 1. The van der Waals surface area contributed by atoms with Gasteiger partial charge in [-0.05, 0) is 36.3 Å². The molecule has 0 aliphatic rings. The molecule has 3 rings (SSSR count). The number of alkyl carbamates (subject to hydrolysis) is 1. The molecule has 0 spiro atoms. The summed E-state index contributed by atoms with van der Waals surface area (Å²) in [5.41, 5.74) is 3.81. The number of nitrogens with one attached hydrogen (secondary N) is 1. The molecule has 29 heavy (non-hydrogen) atoms. The molecule has 0 saturated carbocycles. The second-order valence-corrected chi connectivity index (χ2v) is 7.70. The van der Waals surface area contributed by atoms with Crippen LogP contribution in [0.1, 0.15) is 23.2 Å². The topological polar surface area (TPSA) is 92.9 Å². The first-order chi connectivity index (χ1) is 14.0. The Morgan fingerprint density at radius 3 is 2.76 bits per heavy atom. The van der Waals surface area contributed by atoms with Gasteiger partial charge in [0.05, 0.1) is 5.69 Å². The number of carbonyl (C=O) groups excluding carboxylic acids is 1. The number of carboxylic acids is 1. The molecule has 0 radical (unpaired) electrons. The van der Waals surface area contributed by atoms with Crippen molar-refractivity contribution in [2.24, 2.45) is 0 Å². The van der Waals surface area contributed by atoms with Crippen LogP contribution in [0.15, 0.2) is 54.9 Å². The second kappa shape index (κ2) is 9.97. The van der Waals surface area contributed by atoms with E-state index in [9.17, 15) is 14.7 Å². The number of nitrogens with zero attached hydrogens (tertiary/aromatic N) is 2. The van der Waals surface area contributed by atoms with Crippen LogP contribution >= 0.6 is 11.8 Å². The highest BCUT2D eigenvalue weighted by Crippen LogP contribution is 2.16. The average molecular weight is 413 g/mol. The third-order valence-electron chi connectivity index (χ3n) is 4.33. The molecule has 2 aromatic heterocycles. The highest BCUT2D eigenvalue weighted by atomic mass is 32.2. The molecule has 0 bridgehead atoms. The maximum atomic E-state index is 11.9. The van der Waals surface area contributed by atoms with Crippen molar-refractivity contribution in [3.63, 3.8) is 0 Å². The number of pyridine rings is 1. The summed E-state index contributed by atoms with van der Waals surface area (Å²) in [7, 11) is 0. The minimum absolute atomic E-state index is 0.0983. The number of hydrogen-bond donors (Lipinski definition) is 2. The monoisotopic (exact) mass is 413 g/mol. The van der Waals surface area contributed by atoms with Crippen LogP contribution in [0.4, 0.5) is 4.79 Å². The van der Waals surface area contributed by atoms with E-state index in [2.05, 4.69) is 10.3 Å². The number of imidazole rings is 1. The number of aryl methyl sites for hydroxylation is 1. The van der Waals surface area contributed by atoms with Gasteiger partial charge in [-0.2, -0.15) is 11.8 Å². The molecule has 1 amide bonds. The van der Waals surface area contributed by atoms with E-state index in [1.165, 1.54) is 0 Å². The first-order valence-electron chi connectivity index (χ1n) is 9.24. The summed E-state index contributed by atoms with van der Waals surface area (Å²) < 4.78 is 7.08. The van der Waals surface area contributed by atoms with E-state index in [0.29, 0.717) is 17.9 Å². The Morgan fingerprint density at radius 1 is 1.24 bits per heavy atom. The predicted molar refractivity (Wildman–Crippen MR) is 112 cm³/mol. The average Bonchev–Trinajstić information content (AvgIpc) is 3.14. The number of carboxylic acid groups (broad SMARTS) is 1.